The molecule has 1 N–H and O–H groups in total. The fourth-order valence-corrected chi connectivity index (χ4v) is 2.34. The van der Waals surface area contributed by atoms with Gasteiger partial charge in [-0.2, -0.15) is 5.26 Å². The smallest absolute Gasteiger partial charge is 0.270 e. The van der Waals surface area contributed by atoms with Crippen LogP contribution in [0.25, 0.3) is 11.4 Å². The lowest BCUT2D eigenvalue weighted by Crippen LogP contribution is -2.14. The summed E-state index contributed by atoms with van der Waals surface area (Å²) in [5.74, 6) is 1.50. The minimum Gasteiger partial charge on any atom is -0.493 e. The van der Waals surface area contributed by atoms with E-state index in [9.17, 15) is 4.79 Å². The first-order valence-corrected chi connectivity index (χ1v) is 7.17. The van der Waals surface area contributed by atoms with Gasteiger partial charge in [-0.05, 0) is 24.5 Å². The quantitative estimate of drug-likeness (QED) is 0.687. The Bertz CT molecular complexity index is 765. The molecule has 0 saturated carbocycles. The zero-order chi connectivity index (χ0) is 15.4. The standard InChI is InChI=1S/C14H13N3O3S/c1-19-10-5-4-8(6-11(10)20-2)12-16-13(18)9(7-15)14(17-12)21-3/h4-6H,1-3H3,(H,16,17,18). The number of aromatic nitrogens is 2. The van der Waals surface area contributed by atoms with Crippen LogP contribution in [0.3, 0.4) is 0 Å². The van der Waals surface area contributed by atoms with Crippen molar-refractivity contribution < 1.29 is 9.47 Å². The summed E-state index contributed by atoms with van der Waals surface area (Å²) in [6, 6.07) is 7.07. The number of methoxy groups -OCH3 is 2. The molecule has 0 bridgehead atoms. The fourth-order valence-electron chi connectivity index (χ4n) is 1.82. The Morgan fingerprint density at radius 1 is 1.29 bits per heavy atom. The maximum atomic E-state index is 11.9. The van der Waals surface area contributed by atoms with Gasteiger partial charge in [0, 0.05) is 5.56 Å². The first-order chi connectivity index (χ1) is 10.1. The summed E-state index contributed by atoms with van der Waals surface area (Å²) in [5.41, 5.74) is 0.234. The van der Waals surface area contributed by atoms with Crippen molar-refractivity contribution in [1.82, 2.24) is 9.97 Å². The highest BCUT2D eigenvalue weighted by Gasteiger charge is 2.13. The molecule has 2 rings (SSSR count). The first-order valence-electron chi connectivity index (χ1n) is 5.95. The van der Waals surface area contributed by atoms with Crippen molar-refractivity contribution in [2.75, 3.05) is 20.5 Å². The number of H-pyrrole nitrogens is 1. The van der Waals surface area contributed by atoms with Gasteiger partial charge in [-0.3, -0.25) is 4.79 Å². The van der Waals surface area contributed by atoms with Gasteiger partial charge in [-0.15, -0.1) is 11.8 Å². The SMILES string of the molecule is COc1ccc(-c2nc(SC)c(C#N)c(=O)[nH]2)cc1OC. The van der Waals surface area contributed by atoms with E-state index in [1.165, 1.54) is 18.9 Å². The van der Waals surface area contributed by atoms with E-state index in [0.717, 1.165) is 0 Å². The van der Waals surface area contributed by atoms with Crippen LogP contribution in [0.15, 0.2) is 28.0 Å². The number of hydrogen-bond acceptors (Lipinski definition) is 6. The Morgan fingerprint density at radius 3 is 2.57 bits per heavy atom. The van der Waals surface area contributed by atoms with E-state index in [-0.39, 0.29) is 5.56 Å². The number of rotatable bonds is 4. The van der Waals surface area contributed by atoms with Crippen LogP contribution in [0.5, 0.6) is 11.5 Å². The highest BCUT2D eigenvalue weighted by Crippen LogP contribution is 2.31. The lowest BCUT2D eigenvalue weighted by atomic mass is 10.2. The third-order valence-electron chi connectivity index (χ3n) is 2.85. The number of nitrogens with one attached hydrogen (secondary N) is 1. The van der Waals surface area contributed by atoms with Gasteiger partial charge in [0.1, 0.15) is 22.5 Å². The van der Waals surface area contributed by atoms with Crippen molar-refractivity contribution in [3.05, 3.63) is 34.1 Å². The second-order valence-electron chi connectivity index (χ2n) is 3.98. The number of aromatic amines is 1. The molecule has 0 radical (unpaired) electrons. The minimum atomic E-state index is -0.457. The molecule has 1 heterocycles. The van der Waals surface area contributed by atoms with Crippen LogP contribution in [0.2, 0.25) is 0 Å². The Balaban J connectivity index is 2.60. The largest absolute Gasteiger partial charge is 0.493 e. The van der Waals surface area contributed by atoms with Gasteiger partial charge in [0.05, 0.1) is 14.2 Å². The minimum absolute atomic E-state index is 0.0201. The summed E-state index contributed by atoms with van der Waals surface area (Å²) in [5, 5.41) is 9.38. The zero-order valence-corrected chi connectivity index (χ0v) is 12.6. The third-order valence-corrected chi connectivity index (χ3v) is 3.53. The van der Waals surface area contributed by atoms with E-state index in [0.29, 0.717) is 27.9 Å². The third kappa shape index (κ3) is 2.85. The molecule has 0 aliphatic heterocycles. The van der Waals surface area contributed by atoms with Gasteiger partial charge in [0.25, 0.3) is 5.56 Å². The summed E-state index contributed by atoms with van der Waals surface area (Å²) < 4.78 is 10.4. The lowest BCUT2D eigenvalue weighted by Gasteiger charge is -2.10. The van der Waals surface area contributed by atoms with Crippen LogP contribution in [-0.4, -0.2) is 30.4 Å². The van der Waals surface area contributed by atoms with Gasteiger partial charge in [0.15, 0.2) is 11.5 Å². The second kappa shape index (κ2) is 6.33. The number of nitrogens with zero attached hydrogens (tertiary/aromatic N) is 2. The average Bonchev–Trinajstić information content (AvgIpc) is 2.53. The van der Waals surface area contributed by atoms with Crippen molar-refractivity contribution >= 4 is 11.8 Å². The molecule has 0 spiro atoms. The van der Waals surface area contributed by atoms with E-state index in [1.807, 2.05) is 6.07 Å². The number of benzene rings is 1. The Hall–Kier alpha value is -2.46. The molecule has 1 aromatic carbocycles. The maximum absolute atomic E-state index is 11.9. The van der Waals surface area contributed by atoms with E-state index >= 15 is 0 Å². The molecule has 0 aliphatic rings. The lowest BCUT2D eigenvalue weighted by molar-refractivity contribution is 0.355. The van der Waals surface area contributed by atoms with Gasteiger partial charge in [-0.1, -0.05) is 0 Å². The van der Waals surface area contributed by atoms with Gasteiger partial charge >= 0.3 is 0 Å². The molecule has 0 unspecified atom stereocenters. The monoisotopic (exact) mass is 303 g/mol. The van der Waals surface area contributed by atoms with Crippen molar-refractivity contribution in [1.29, 1.82) is 5.26 Å². The first kappa shape index (κ1) is 14.9. The van der Waals surface area contributed by atoms with E-state index < -0.39 is 5.56 Å². The van der Waals surface area contributed by atoms with Crippen LogP contribution in [0, 0.1) is 11.3 Å². The molecule has 0 aliphatic carbocycles. The Kier molecular flexibility index (Phi) is 4.50. The van der Waals surface area contributed by atoms with Gasteiger partial charge in [-0.25, -0.2) is 4.98 Å². The molecule has 108 valence electrons. The van der Waals surface area contributed by atoms with E-state index in [4.69, 9.17) is 14.7 Å². The molecule has 0 saturated heterocycles. The van der Waals surface area contributed by atoms with Crippen molar-refractivity contribution in [3.8, 4) is 29.0 Å². The van der Waals surface area contributed by atoms with Crippen molar-refractivity contribution in [2.45, 2.75) is 5.03 Å². The van der Waals surface area contributed by atoms with Crippen molar-refractivity contribution in [3.63, 3.8) is 0 Å². The topological polar surface area (TPSA) is 88.0 Å². The van der Waals surface area contributed by atoms with Crippen LogP contribution in [-0.2, 0) is 0 Å². The predicted molar refractivity (Wildman–Crippen MR) is 79.9 cm³/mol. The average molecular weight is 303 g/mol. The van der Waals surface area contributed by atoms with E-state index in [2.05, 4.69) is 9.97 Å². The van der Waals surface area contributed by atoms with Gasteiger partial charge in [0.2, 0.25) is 0 Å². The fraction of sp³-hybridized carbons (Fsp3) is 0.214. The summed E-state index contributed by atoms with van der Waals surface area (Å²) in [6.45, 7) is 0. The molecular formula is C14H13N3O3S. The summed E-state index contributed by atoms with van der Waals surface area (Å²) in [6.07, 6.45) is 1.76. The Morgan fingerprint density at radius 2 is 2.00 bits per heavy atom. The zero-order valence-electron chi connectivity index (χ0n) is 11.8. The molecule has 1 aromatic heterocycles. The number of nitriles is 1. The number of ether oxygens (including phenoxy) is 2. The molecule has 6 nitrogen and oxygen atoms in total. The maximum Gasteiger partial charge on any atom is 0.270 e. The van der Waals surface area contributed by atoms with Crippen LogP contribution in [0.4, 0.5) is 0 Å². The van der Waals surface area contributed by atoms with Crippen LogP contribution in [0.1, 0.15) is 5.56 Å². The molecule has 0 amide bonds. The van der Waals surface area contributed by atoms with Crippen molar-refractivity contribution in [2.24, 2.45) is 0 Å². The molecule has 0 atom stereocenters. The summed E-state index contributed by atoms with van der Waals surface area (Å²) in [4.78, 5) is 18.8. The van der Waals surface area contributed by atoms with E-state index in [1.54, 1.807) is 31.6 Å². The molecule has 7 heteroatoms. The summed E-state index contributed by atoms with van der Waals surface area (Å²) in [7, 11) is 3.08. The number of hydrogen-bond donors (Lipinski definition) is 1. The molecule has 21 heavy (non-hydrogen) atoms. The van der Waals surface area contributed by atoms with Crippen LogP contribution < -0.4 is 15.0 Å². The predicted octanol–water partition coefficient (Wildman–Crippen LogP) is 2.05. The summed E-state index contributed by atoms with van der Waals surface area (Å²) >= 11 is 1.25. The Labute approximate surface area is 125 Å². The number of thioether (sulfide) groups is 1. The highest BCUT2D eigenvalue weighted by atomic mass is 32.2. The highest BCUT2D eigenvalue weighted by molar-refractivity contribution is 7.98. The van der Waals surface area contributed by atoms with Gasteiger partial charge < -0.3 is 14.5 Å². The van der Waals surface area contributed by atoms with Crippen LogP contribution >= 0.6 is 11.8 Å². The molecule has 0 fully saturated rings. The normalized spacial score (nSPS) is 10.0. The second-order valence-corrected chi connectivity index (χ2v) is 4.78. The molecular weight excluding hydrogens is 290 g/mol. The molecule has 2 aromatic rings.